The van der Waals surface area contributed by atoms with E-state index in [2.05, 4.69) is 20.9 Å². The molecule has 1 aromatic carbocycles. The zero-order valence-corrected chi connectivity index (χ0v) is 20.4. The van der Waals surface area contributed by atoms with Crippen LogP contribution in [0, 0.1) is 13.8 Å². The first-order chi connectivity index (χ1) is 16.4. The monoisotopic (exact) mass is 467 g/mol. The second kappa shape index (κ2) is 10.5. The van der Waals surface area contributed by atoms with E-state index < -0.39 is 12.3 Å². The van der Waals surface area contributed by atoms with Crippen molar-refractivity contribution in [1.29, 1.82) is 0 Å². The van der Waals surface area contributed by atoms with E-state index in [9.17, 15) is 5.11 Å². The summed E-state index contributed by atoms with van der Waals surface area (Å²) in [6.07, 6.45) is 0.647. The van der Waals surface area contributed by atoms with Crippen LogP contribution in [-0.4, -0.2) is 68.7 Å². The quantitative estimate of drug-likeness (QED) is 0.429. The Morgan fingerprint density at radius 1 is 1.21 bits per heavy atom. The predicted octanol–water partition coefficient (Wildman–Crippen LogP) is 2.45. The lowest BCUT2D eigenvalue weighted by Gasteiger charge is -2.25. The molecule has 10 heteroatoms. The molecule has 1 fully saturated rings. The standard InChI is InChI=1S/C24H33N7O3/c1-14-20(21-15(2)29-30-31(21)5)27-23(28-22(14)26-18-9-11-33-12-10-18)17-7-6-8-19(13-17)34-24(25-4)16(3)32/h6-8,13,16,18,24-25,32H,9-12H2,1-5H3,(H,26,27,28). The summed E-state index contributed by atoms with van der Waals surface area (Å²) in [7, 11) is 3.61. The number of aryl methyl sites for hydroxylation is 2. The van der Waals surface area contributed by atoms with E-state index in [1.54, 1.807) is 18.7 Å². The Balaban J connectivity index is 1.77. The third-order valence-corrected chi connectivity index (χ3v) is 6.01. The molecule has 1 aliphatic heterocycles. The van der Waals surface area contributed by atoms with Gasteiger partial charge in [0.2, 0.25) is 0 Å². The minimum absolute atomic E-state index is 0.283. The van der Waals surface area contributed by atoms with Crippen LogP contribution in [0.4, 0.5) is 5.82 Å². The number of hydrogen-bond acceptors (Lipinski definition) is 9. The van der Waals surface area contributed by atoms with Crippen molar-refractivity contribution >= 4 is 5.82 Å². The van der Waals surface area contributed by atoms with Crippen molar-refractivity contribution in [3.63, 3.8) is 0 Å². The molecule has 34 heavy (non-hydrogen) atoms. The Kier molecular flexibility index (Phi) is 7.40. The zero-order valence-electron chi connectivity index (χ0n) is 20.4. The average molecular weight is 468 g/mol. The van der Waals surface area contributed by atoms with Gasteiger partial charge in [-0.15, -0.1) is 5.10 Å². The second-order valence-corrected chi connectivity index (χ2v) is 8.64. The van der Waals surface area contributed by atoms with Crippen molar-refractivity contribution in [2.45, 2.75) is 52.0 Å². The van der Waals surface area contributed by atoms with Gasteiger partial charge in [-0.2, -0.15) is 0 Å². The molecule has 0 aliphatic carbocycles. The average Bonchev–Trinajstić information content (AvgIpc) is 3.17. The number of likely N-dealkylation sites (N-methyl/N-ethyl adjacent to an activating group) is 1. The molecular formula is C24H33N7O3. The maximum absolute atomic E-state index is 9.93. The lowest BCUT2D eigenvalue weighted by atomic mass is 10.1. The van der Waals surface area contributed by atoms with E-state index in [0.29, 0.717) is 11.6 Å². The Morgan fingerprint density at radius 3 is 2.62 bits per heavy atom. The first kappa shape index (κ1) is 24.1. The normalized spacial score (nSPS) is 16.3. The number of anilines is 1. The van der Waals surface area contributed by atoms with Crippen molar-refractivity contribution < 1.29 is 14.6 Å². The number of aliphatic hydroxyl groups excluding tert-OH is 1. The number of benzene rings is 1. The molecule has 2 aromatic heterocycles. The maximum atomic E-state index is 9.93. The molecule has 0 amide bonds. The first-order valence-corrected chi connectivity index (χ1v) is 11.6. The molecule has 0 radical (unpaired) electrons. The van der Waals surface area contributed by atoms with Crippen LogP contribution in [0.3, 0.4) is 0 Å². The van der Waals surface area contributed by atoms with E-state index in [0.717, 1.165) is 60.1 Å². The number of hydrogen-bond donors (Lipinski definition) is 3. The minimum atomic E-state index is -0.675. The smallest absolute Gasteiger partial charge is 0.175 e. The number of nitrogens with one attached hydrogen (secondary N) is 2. The van der Waals surface area contributed by atoms with E-state index in [1.165, 1.54) is 0 Å². The number of ether oxygens (including phenoxy) is 2. The van der Waals surface area contributed by atoms with Gasteiger partial charge in [0.05, 0.1) is 11.4 Å². The highest BCUT2D eigenvalue weighted by molar-refractivity contribution is 5.71. The van der Waals surface area contributed by atoms with Crippen molar-refractivity contribution in [2.75, 3.05) is 25.6 Å². The van der Waals surface area contributed by atoms with E-state index in [-0.39, 0.29) is 6.04 Å². The summed E-state index contributed by atoms with van der Waals surface area (Å²) in [5.41, 5.74) is 4.20. The molecule has 0 bridgehead atoms. The van der Waals surface area contributed by atoms with E-state index >= 15 is 0 Å². The molecule has 3 N–H and O–H groups in total. The molecule has 182 valence electrons. The summed E-state index contributed by atoms with van der Waals surface area (Å²) in [6.45, 7) is 7.10. The fraction of sp³-hybridized carbons (Fsp3) is 0.500. The van der Waals surface area contributed by atoms with Crippen LogP contribution in [-0.2, 0) is 11.8 Å². The molecule has 1 aliphatic rings. The van der Waals surface area contributed by atoms with Crippen LogP contribution in [0.1, 0.15) is 31.0 Å². The minimum Gasteiger partial charge on any atom is -0.473 e. The fourth-order valence-electron chi connectivity index (χ4n) is 4.09. The lowest BCUT2D eigenvalue weighted by molar-refractivity contribution is 0.0321. The molecule has 10 nitrogen and oxygen atoms in total. The third kappa shape index (κ3) is 5.19. The Hall–Kier alpha value is -3.08. The summed E-state index contributed by atoms with van der Waals surface area (Å²) in [5.74, 6) is 1.97. The molecular weight excluding hydrogens is 434 g/mol. The molecule has 2 atom stereocenters. The molecule has 2 unspecified atom stereocenters. The lowest BCUT2D eigenvalue weighted by Crippen LogP contribution is -2.40. The van der Waals surface area contributed by atoms with E-state index in [4.69, 9.17) is 19.4 Å². The number of nitrogens with zero attached hydrogens (tertiary/aromatic N) is 5. The summed E-state index contributed by atoms with van der Waals surface area (Å²) < 4.78 is 13.2. The van der Waals surface area contributed by atoms with Gasteiger partial charge in [0.1, 0.15) is 23.4 Å². The molecule has 1 saturated heterocycles. The summed E-state index contributed by atoms with van der Waals surface area (Å²) in [6, 6.07) is 7.86. The van der Waals surface area contributed by atoms with Gasteiger partial charge in [-0.25, -0.2) is 14.6 Å². The maximum Gasteiger partial charge on any atom is 0.175 e. The molecule has 0 saturated carbocycles. The first-order valence-electron chi connectivity index (χ1n) is 11.6. The van der Waals surface area contributed by atoms with Crippen molar-refractivity contribution in [2.24, 2.45) is 7.05 Å². The van der Waals surface area contributed by atoms with Crippen molar-refractivity contribution in [3.8, 4) is 28.5 Å². The fourth-order valence-corrected chi connectivity index (χ4v) is 4.09. The van der Waals surface area contributed by atoms with Gasteiger partial charge < -0.3 is 19.9 Å². The van der Waals surface area contributed by atoms with Crippen molar-refractivity contribution in [3.05, 3.63) is 35.5 Å². The highest BCUT2D eigenvalue weighted by Gasteiger charge is 2.22. The zero-order chi connectivity index (χ0) is 24.2. The summed E-state index contributed by atoms with van der Waals surface area (Å²) in [5, 5.41) is 24.9. The van der Waals surface area contributed by atoms with Gasteiger partial charge in [0, 0.05) is 37.4 Å². The summed E-state index contributed by atoms with van der Waals surface area (Å²) in [4.78, 5) is 9.85. The third-order valence-electron chi connectivity index (χ3n) is 6.01. The van der Waals surface area contributed by atoms with Gasteiger partial charge in [0.15, 0.2) is 12.1 Å². The van der Waals surface area contributed by atoms with Crippen LogP contribution in [0.25, 0.3) is 22.8 Å². The Morgan fingerprint density at radius 2 is 1.97 bits per heavy atom. The topological polar surface area (TPSA) is 119 Å². The van der Waals surface area contributed by atoms with Gasteiger partial charge >= 0.3 is 0 Å². The molecule has 3 heterocycles. The Labute approximate surface area is 199 Å². The van der Waals surface area contributed by atoms with Crippen molar-refractivity contribution in [1.82, 2.24) is 30.3 Å². The van der Waals surface area contributed by atoms with Gasteiger partial charge in [0.25, 0.3) is 0 Å². The molecule has 3 aromatic rings. The molecule has 4 rings (SSSR count). The van der Waals surface area contributed by atoms with Crippen LogP contribution in [0.5, 0.6) is 5.75 Å². The number of rotatable bonds is 8. The largest absolute Gasteiger partial charge is 0.473 e. The van der Waals surface area contributed by atoms with Gasteiger partial charge in [-0.05, 0) is 52.8 Å². The summed E-state index contributed by atoms with van der Waals surface area (Å²) >= 11 is 0. The second-order valence-electron chi connectivity index (χ2n) is 8.64. The number of aliphatic hydroxyl groups is 1. The van der Waals surface area contributed by atoms with Gasteiger partial charge in [-0.3, -0.25) is 5.32 Å². The van der Waals surface area contributed by atoms with Gasteiger partial charge in [-0.1, -0.05) is 17.3 Å². The van der Waals surface area contributed by atoms with Crippen LogP contribution >= 0.6 is 0 Å². The van der Waals surface area contributed by atoms with E-state index in [1.807, 2.05) is 45.2 Å². The van der Waals surface area contributed by atoms with Crippen LogP contribution in [0.2, 0.25) is 0 Å². The molecule has 0 spiro atoms. The highest BCUT2D eigenvalue weighted by atomic mass is 16.5. The number of aromatic nitrogens is 5. The SMILES string of the molecule is CNC(Oc1cccc(-c2nc(NC3CCOCC3)c(C)c(-c3c(C)nnn3C)n2)c1)C(C)O. The Bertz CT molecular complexity index is 1110. The highest BCUT2D eigenvalue weighted by Crippen LogP contribution is 2.32. The predicted molar refractivity (Wildman–Crippen MR) is 130 cm³/mol. The van der Waals surface area contributed by atoms with Crippen LogP contribution in [0.15, 0.2) is 24.3 Å². The van der Waals surface area contributed by atoms with Crippen LogP contribution < -0.4 is 15.4 Å².